The van der Waals surface area contributed by atoms with Gasteiger partial charge in [-0.2, -0.15) is 0 Å². The highest BCUT2D eigenvalue weighted by Crippen LogP contribution is 2.21. The molecule has 2 aromatic rings. The number of fused-ring (bicyclic) bond motifs is 1. The third-order valence-corrected chi connectivity index (χ3v) is 4.00. The Hall–Kier alpha value is -1.36. The standard InChI is InChI=1S/C12H16N2O2S/c1-4-6-14-11-9(8(3)7-17-11)10(15)13(5-2)12(14)16/h7H,4-6H2,1-3H3. The van der Waals surface area contributed by atoms with Crippen molar-refractivity contribution in [2.45, 2.75) is 40.3 Å². The van der Waals surface area contributed by atoms with Gasteiger partial charge in [0, 0.05) is 13.1 Å². The summed E-state index contributed by atoms with van der Waals surface area (Å²) in [6.45, 7) is 6.86. The van der Waals surface area contributed by atoms with E-state index in [1.54, 1.807) is 4.57 Å². The molecule has 0 spiro atoms. The molecular formula is C12H16N2O2S. The molecular weight excluding hydrogens is 236 g/mol. The third kappa shape index (κ3) is 1.74. The molecule has 0 N–H and O–H groups in total. The molecule has 0 saturated heterocycles. The molecule has 0 bridgehead atoms. The van der Waals surface area contributed by atoms with Gasteiger partial charge in [0.15, 0.2) is 0 Å². The van der Waals surface area contributed by atoms with Crippen molar-refractivity contribution < 1.29 is 0 Å². The Labute approximate surface area is 103 Å². The van der Waals surface area contributed by atoms with Crippen molar-refractivity contribution in [3.63, 3.8) is 0 Å². The van der Waals surface area contributed by atoms with Crippen molar-refractivity contribution in [1.29, 1.82) is 0 Å². The largest absolute Gasteiger partial charge is 0.332 e. The Kier molecular flexibility index (Phi) is 3.19. The van der Waals surface area contributed by atoms with E-state index < -0.39 is 0 Å². The minimum Gasteiger partial charge on any atom is -0.284 e. The predicted molar refractivity (Wildman–Crippen MR) is 71.0 cm³/mol. The van der Waals surface area contributed by atoms with Crippen molar-refractivity contribution in [3.8, 4) is 0 Å². The molecule has 2 rings (SSSR count). The molecule has 0 aromatic carbocycles. The quantitative estimate of drug-likeness (QED) is 0.838. The third-order valence-electron chi connectivity index (χ3n) is 2.88. The lowest BCUT2D eigenvalue weighted by molar-refractivity contribution is 0.585. The first-order valence-electron chi connectivity index (χ1n) is 5.83. The topological polar surface area (TPSA) is 44.0 Å². The van der Waals surface area contributed by atoms with E-state index in [9.17, 15) is 9.59 Å². The lowest BCUT2D eigenvalue weighted by atomic mass is 10.2. The summed E-state index contributed by atoms with van der Waals surface area (Å²) in [4.78, 5) is 25.2. The van der Waals surface area contributed by atoms with Crippen LogP contribution < -0.4 is 11.2 Å². The highest BCUT2D eigenvalue weighted by Gasteiger charge is 2.14. The van der Waals surface area contributed by atoms with Crippen LogP contribution in [0, 0.1) is 6.92 Å². The van der Waals surface area contributed by atoms with Crippen molar-refractivity contribution in [3.05, 3.63) is 31.8 Å². The molecule has 0 aliphatic rings. The van der Waals surface area contributed by atoms with E-state index in [0.29, 0.717) is 18.5 Å². The van der Waals surface area contributed by atoms with Gasteiger partial charge >= 0.3 is 5.69 Å². The second-order valence-corrected chi connectivity index (χ2v) is 4.94. The van der Waals surface area contributed by atoms with E-state index in [2.05, 4.69) is 0 Å². The normalized spacial score (nSPS) is 11.2. The number of aryl methyl sites for hydroxylation is 2. The monoisotopic (exact) mass is 252 g/mol. The zero-order valence-corrected chi connectivity index (χ0v) is 11.1. The van der Waals surface area contributed by atoms with Crippen LogP contribution in [0.4, 0.5) is 0 Å². The fourth-order valence-corrected chi connectivity index (χ4v) is 3.11. The van der Waals surface area contributed by atoms with Crippen LogP contribution in [0.3, 0.4) is 0 Å². The fraction of sp³-hybridized carbons (Fsp3) is 0.500. The molecule has 0 fully saturated rings. The summed E-state index contributed by atoms with van der Waals surface area (Å²) in [6, 6.07) is 0. The number of hydrogen-bond acceptors (Lipinski definition) is 3. The first kappa shape index (κ1) is 12.1. The Bertz CT molecular complexity index is 663. The molecule has 92 valence electrons. The van der Waals surface area contributed by atoms with Crippen LogP contribution in [0.5, 0.6) is 0 Å². The maximum Gasteiger partial charge on any atom is 0.332 e. The van der Waals surface area contributed by atoms with E-state index in [0.717, 1.165) is 16.8 Å². The van der Waals surface area contributed by atoms with Gasteiger partial charge in [-0.1, -0.05) is 6.92 Å². The van der Waals surface area contributed by atoms with Crippen LogP contribution in [-0.2, 0) is 13.1 Å². The molecule has 2 aromatic heterocycles. The van der Waals surface area contributed by atoms with Crippen LogP contribution in [0.25, 0.3) is 10.2 Å². The molecule has 0 saturated carbocycles. The van der Waals surface area contributed by atoms with Crippen molar-refractivity contribution >= 4 is 21.6 Å². The molecule has 4 nitrogen and oxygen atoms in total. The van der Waals surface area contributed by atoms with Gasteiger partial charge in [0.05, 0.1) is 5.39 Å². The van der Waals surface area contributed by atoms with E-state index in [1.165, 1.54) is 15.9 Å². The molecule has 0 radical (unpaired) electrons. The molecule has 17 heavy (non-hydrogen) atoms. The summed E-state index contributed by atoms with van der Waals surface area (Å²) in [6.07, 6.45) is 0.883. The Balaban J connectivity index is 2.98. The average Bonchev–Trinajstić information content (AvgIpc) is 2.67. The molecule has 2 heterocycles. The maximum absolute atomic E-state index is 12.2. The van der Waals surface area contributed by atoms with Crippen molar-refractivity contribution in [1.82, 2.24) is 9.13 Å². The van der Waals surface area contributed by atoms with Gasteiger partial charge < -0.3 is 0 Å². The lowest BCUT2D eigenvalue weighted by Crippen LogP contribution is -2.39. The first-order valence-corrected chi connectivity index (χ1v) is 6.71. The summed E-state index contributed by atoms with van der Waals surface area (Å²) >= 11 is 1.48. The SMILES string of the molecule is CCCn1c(=O)n(CC)c(=O)c2c(C)csc21. The Morgan fingerprint density at radius 3 is 2.53 bits per heavy atom. The summed E-state index contributed by atoms with van der Waals surface area (Å²) in [5, 5.41) is 2.64. The fourth-order valence-electron chi connectivity index (χ4n) is 2.04. The molecule has 5 heteroatoms. The minimum absolute atomic E-state index is 0.154. The van der Waals surface area contributed by atoms with Gasteiger partial charge in [0.1, 0.15) is 4.83 Å². The van der Waals surface area contributed by atoms with Crippen LogP contribution >= 0.6 is 11.3 Å². The Morgan fingerprint density at radius 1 is 1.24 bits per heavy atom. The molecule has 0 aliphatic heterocycles. The minimum atomic E-state index is -0.186. The first-order chi connectivity index (χ1) is 8.11. The van der Waals surface area contributed by atoms with E-state index in [4.69, 9.17) is 0 Å². The lowest BCUT2D eigenvalue weighted by Gasteiger charge is -2.09. The van der Waals surface area contributed by atoms with Crippen LogP contribution in [0.15, 0.2) is 15.0 Å². The van der Waals surface area contributed by atoms with Gasteiger partial charge in [0.2, 0.25) is 0 Å². The molecule has 0 amide bonds. The maximum atomic E-state index is 12.2. The predicted octanol–water partition coefficient (Wildman–Crippen LogP) is 1.96. The van der Waals surface area contributed by atoms with Crippen molar-refractivity contribution in [2.75, 3.05) is 0 Å². The number of rotatable bonds is 3. The number of aromatic nitrogens is 2. The van der Waals surface area contributed by atoms with Gasteiger partial charge in [-0.3, -0.25) is 13.9 Å². The highest BCUT2D eigenvalue weighted by molar-refractivity contribution is 7.17. The van der Waals surface area contributed by atoms with E-state index in [1.807, 2.05) is 26.2 Å². The van der Waals surface area contributed by atoms with Gasteiger partial charge in [-0.15, -0.1) is 11.3 Å². The number of thiophene rings is 1. The van der Waals surface area contributed by atoms with Crippen LogP contribution in [-0.4, -0.2) is 9.13 Å². The zero-order chi connectivity index (χ0) is 12.6. The number of hydrogen-bond donors (Lipinski definition) is 0. The summed E-state index contributed by atoms with van der Waals surface area (Å²) in [7, 11) is 0. The average molecular weight is 252 g/mol. The smallest absolute Gasteiger partial charge is 0.284 e. The van der Waals surface area contributed by atoms with E-state index >= 15 is 0 Å². The highest BCUT2D eigenvalue weighted by atomic mass is 32.1. The van der Waals surface area contributed by atoms with E-state index in [-0.39, 0.29) is 11.2 Å². The molecule has 0 aliphatic carbocycles. The van der Waals surface area contributed by atoms with Crippen LogP contribution in [0.1, 0.15) is 25.8 Å². The van der Waals surface area contributed by atoms with Gasteiger partial charge in [0.25, 0.3) is 5.56 Å². The summed E-state index contributed by atoms with van der Waals surface area (Å²) < 4.78 is 3.04. The summed E-state index contributed by atoms with van der Waals surface area (Å²) in [5.41, 5.74) is 0.620. The second kappa shape index (κ2) is 4.49. The van der Waals surface area contributed by atoms with Gasteiger partial charge in [-0.05, 0) is 31.2 Å². The van der Waals surface area contributed by atoms with Gasteiger partial charge in [-0.25, -0.2) is 4.79 Å². The molecule has 0 atom stereocenters. The van der Waals surface area contributed by atoms with Crippen molar-refractivity contribution in [2.24, 2.45) is 0 Å². The second-order valence-electron chi connectivity index (χ2n) is 4.08. The van der Waals surface area contributed by atoms with Crippen LogP contribution in [0.2, 0.25) is 0 Å². The zero-order valence-electron chi connectivity index (χ0n) is 10.3. The number of nitrogens with zero attached hydrogens (tertiary/aromatic N) is 2. The molecule has 0 unspecified atom stereocenters. The summed E-state index contributed by atoms with van der Waals surface area (Å²) in [5.74, 6) is 0. The Morgan fingerprint density at radius 2 is 1.94 bits per heavy atom.